The lowest BCUT2D eigenvalue weighted by Gasteiger charge is -2.11. The van der Waals surface area contributed by atoms with Gasteiger partial charge >= 0.3 is 0 Å². The number of anilines is 1. The van der Waals surface area contributed by atoms with Gasteiger partial charge in [0.2, 0.25) is 11.3 Å². The number of carbonyl (C=O) groups excluding carboxylic acids is 1. The molecule has 0 radical (unpaired) electrons. The Kier molecular flexibility index (Phi) is 3.70. The number of nitrogens with one attached hydrogen (secondary N) is 1. The minimum atomic E-state index is -0.237. The minimum absolute atomic E-state index is 0.00398. The number of aromatic nitrogens is 3. The van der Waals surface area contributed by atoms with Gasteiger partial charge < -0.3 is 5.32 Å². The van der Waals surface area contributed by atoms with Gasteiger partial charge in [0.05, 0.1) is 22.9 Å². The monoisotopic (exact) mass is 330 g/mol. The van der Waals surface area contributed by atoms with Crippen molar-refractivity contribution >= 4 is 33.4 Å². The maximum Gasteiger partial charge on any atom is 0.246 e. The third kappa shape index (κ3) is 2.85. The number of carbonyl (C=O) groups is 1. The van der Waals surface area contributed by atoms with Crippen molar-refractivity contribution in [2.45, 2.75) is 6.54 Å². The molecule has 0 unspecified atom stereocenters. The minimum Gasteiger partial charge on any atom is -0.323 e. The lowest BCUT2D eigenvalue weighted by molar-refractivity contribution is -0.116. The molecule has 0 spiro atoms. The van der Waals surface area contributed by atoms with E-state index in [0.29, 0.717) is 16.6 Å². The molecule has 0 saturated heterocycles. The number of rotatable bonds is 3. The SMILES string of the molecule is O=C(Cn1ncc(=O)c2ccccc21)Nc1cccc2cccnc12. The molecule has 0 fully saturated rings. The Bertz CT molecular complexity index is 1150. The number of nitrogens with zero attached hydrogens (tertiary/aromatic N) is 3. The van der Waals surface area contributed by atoms with Crippen molar-refractivity contribution in [2.75, 3.05) is 5.32 Å². The van der Waals surface area contributed by atoms with Gasteiger partial charge in [0, 0.05) is 17.0 Å². The molecule has 2 aromatic carbocycles. The maximum absolute atomic E-state index is 12.5. The van der Waals surface area contributed by atoms with Gasteiger partial charge in [-0.25, -0.2) is 0 Å². The summed E-state index contributed by atoms with van der Waals surface area (Å²) in [5.74, 6) is -0.237. The normalized spacial score (nSPS) is 10.9. The van der Waals surface area contributed by atoms with Crippen LogP contribution in [0.3, 0.4) is 0 Å². The lowest BCUT2D eigenvalue weighted by atomic mass is 10.2. The molecule has 0 atom stereocenters. The zero-order chi connectivity index (χ0) is 17.2. The average Bonchev–Trinajstić information content (AvgIpc) is 2.65. The van der Waals surface area contributed by atoms with E-state index in [4.69, 9.17) is 0 Å². The quantitative estimate of drug-likeness (QED) is 0.626. The number of pyridine rings is 1. The summed E-state index contributed by atoms with van der Waals surface area (Å²) in [7, 11) is 0. The summed E-state index contributed by atoms with van der Waals surface area (Å²) in [6.45, 7) is 0.00398. The Hall–Kier alpha value is -3.54. The largest absolute Gasteiger partial charge is 0.323 e. The molecule has 6 heteroatoms. The first-order chi connectivity index (χ1) is 12.2. The van der Waals surface area contributed by atoms with Gasteiger partial charge in [0.1, 0.15) is 6.54 Å². The second-order valence-electron chi connectivity index (χ2n) is 5.61. The Morgan fingerprint density at radius 3 is 2.80 bits per heavy atom. The van der Waals surface area contributed by atoms with Crippen LogP contribution in [0.15, 0.2) is 71.8 Å². The molecule has 0 aliphatic rings. The van der Waals surface area contributed by atoms with Crippen LogP contribution in [-0.2, 0) is 11.3 Å². The van der Waals surface area contributed by atoms with Crippen molar-refractivity contribution in [2.24, 2.45) is 0 Å². The van der Waals surface area contributed by atoms with E-state index >= 15 is 0 Å². The van der Waals surface area contributed by atoms with Gasteiger partial charge in [-0.2, -0.15) is 5.10 Å². The molecule has 1 amide bonds. The summed E-state index contributed by atoms with van der Waals surface area (Å²) in [6.07, 6.45) is 2.92. The molecule has 2 aromatic heterocycles. The van der Waals surface area contributed by atoms with Crippen LogP contribution in [0.25, 0.3) is 21.8 Å². The third-order valence-corrected chi connectivity index (χ3v) is 3.96. The van der Waals surface area contributed by atoms with Gasteiger partial charge in [-0.15, -0.1) is 0 Å². The van der Waals surface area contributed by atoms with E-state index in [0.717, 1.165) is 10.9 Å². The van der Waals surface area contributed by atoms with Crippen LogP contribution in [0.2, 0.25) is 0 Å². The Morgan fingerprint density at radius 1 is 1.04 bits per heavy atom. The predicted molar refractivity (Wildman–Crippen MR) is 96.4 cm³/mol. The first kappa shape index (κ1) is 15.0. The van der Waals surface area contributed by atoms with Gasteiger partial charge in [-0.05, 0) is 24.3 Å². The molecule has 25 heavy (non-hydrogen) atoms. The van der Waals surface area contributed by atoms with Crippen molar-refractivity contribution in [3.05, 3.63) is 77.2 Å². The van der Waals surface area contributed by atoms with Crippen LogP contribution in [-0.4, -0.2) is 20.7 Å². The zero-order valence-corrected chi connectivity index (χ0v) is 13.2. The fourth-order valence-corrected chi connectivity index (χ4v) is 2.82. The summed E-state index contributed by atoms with van der Waals surface area (Å²) in [5.41, 5.74) is 1.84. The molecule has 6 nitrogen and oxygen atoms in total. The van der Waals surface area contributed by atoms with Gasteiger partial charge in [-0.3, -0.25) is 19.3 Å². The standard InChI is InChI=1S/C19H14N4O2/c24-17-11-21-23(16-9-2-1-7-14(16)17)12-18(25)22-15-8-3-5-13-6-4-10-20-19(13)15/h1-11H,12H2,(H,22,25). The van der Waals surface area contributed by atoms with Crippen molar-refractivity contribution in [3.8, 4) is 0 Å². The summed E-state index contributed by atoms with van der Waals surface area (Å²) in [6, 6.07) is 16.5. The average molecular weight is 330 g/mol. The fraction of sp³-hybridized carbons (Fsp3) is 0.0526. The van der Waals surface area contributed by atoms with E-state index in [2.05, 4.69) is 15.4 Å². The number of amides is 1. The van der Waals surface area contributed by atoms with Crippen LogP contribution in [0, 0.1) is 0 Å². The fourth-order valence-electron chi connectivity index (χ4n) is 2.82. The van der Waals surface area contributed by atoms with E-state index in [9.17, 15) is 9.59 Å². The highest BCUT2D eigenvalue weighted by molar-refractivity contribution is 6.00. The molecule has 4 rings (SSSR count). The molecule has 1 N–H and O–H groups in total. The summed E-state index contributed by atoms with van der Waals surface area (Å²) in [5, 5.41) is 8.44. The molecule has 0 aliphatic heterocycles. The summed E-state index contributed by atoms with van der Waals surface area (Å²) < 4.78 is 1.52. The molecule has 2 heterocycles. The van der Waals surface area contributed by atoms with Gasteiger partial charge in [-0.1, -0.05) is 30.3 Å². The second kappa shape index (κ2) is 6.16. The molecule has 0 aliphatic carbocycles. The first-order valence-corrected chi connectivity index (χ1v) is 7.81. The number of hydrogen-bond acceptors (Lipinski definition) is 4. The van der Waals surface area contributed by atoms with Crippen molar-refractivity contribution in [3.63, 3.8) is 0 Å². The van der Waals surface area contributed by atoms with Crippen LogP contribution in [0.4, 0.5) is 5.69 Å². The predicted octanol–water partition coefficient (Wildman–Crippen LogP) is 2.58. The van der Waals surface area contributed by atoms with Crippen molar-refractivity contribution in [1.82, 2.24) is 14.8 Å². The molecule has 4 aromatic rings. The van der Waals surface area contributed by atoms with Crippen LogP contribution >= 0.6 is 0 Å². The topological polar surface area (TPSA) is 76.9 Å². The van der Waals surface area contributed by atoms with E-state index in [-0.39, 0.29) is 17.9 Å². The van der Waals surface area contributed by atoms with E-state index in [1.54, 1.807) is 24.4 Å². The van der Waals surface area contributed by atoms with E-state index < -0.39 is 0 Å². The van der Waals surface area contributed by atoms with Gasteiger partial charge in [0.15, 0.2) is 0 Å². The Balaban J connectivity index is 1.65. The van der Waals surface area contributed by atoms with Crippen LogP contribution in [0.1, 0.15) is 0 Å². The lowest BCUT2D eigenvalue weighted by Crippen LogP contribution is -2.22. The molecule has 0 bridgehead atoms. The van der Waals surface area contributed by atoms with E-state index in [1.807, 2.05) is 36.4 Å². The number of hydrogen-bond donors (Lipinski definition) is 1. The highest BCUT2D eigenvalue weighted by Crippen LogP contribution is 2.20. The molecular weight excluding hydrogens is 316 g/mol. The van der Waals surface area contributed by atoms with Gasteiger partial charge in [0.25, 0.3) is 0 Å². The third-order valence-electron chi connectivity index (χ3n) is 3.96. The molecular formula is C19H14N4O2. The molecule has 122 valence electrons. The summed E-state index contributed by atoms with van der Waals surface area (Å²) in [4.78, 5) is 28.7. The zero-order valence-electron chi connectivity index (χ0n) is 13.2. The van der Waals surface area contributed by atoms with Crippen molar-refractivity contribution in [1.29, 1.82) is 0 Å². The first-order valence-electron chi connectivity index (χ1n) is 7.81. The Labute approximate surface area is 142 Å². The van der Waals surface area contributed by atoms with E-state index in [1.165, 1.54) is 10.9 Å². The highest BCUT2D eigenvalue weighted by Gasteiger charge is 2.10. The van der Waals surface area contributed by atoms with Crippen LogP contribution in [0.5, 0.6) is 0 Å². The number of fused-ring (bicyclic) bond motifs is 2. The second-order valence-corrected chi connectivity index (χ2v) is 5.61. The number of para-hydroxylation sites is 2. The van der Waals surface area contributed by atoms with Crippen molar-refractivity contribution < 1.29 is 4.79 Å². The Morgan fingerprint density at radius 2 is 1.88 bits per heavy atom. The van der Waals surface area contributed by atoms with Crippen LogP contribution < -0.4 is 10.7 Å². The maximum atomic E-state index is 12.5. The smallest absolute Gasteiger partial charge is 0.246 e. The number of benzene rings is 2. The molecule has 0 saturated carbocycles. The highest BCUT2D eigenvalue weighted by atomic mass is 16.2. The summed E-state index contributed by atoms with van der Waals surface area (Å²) >= 11 is 0.